The van der Waals surface area contributed by atoms with Crippen molar-refractivity contribution >= 4 is 16.7 Å². The van der Waals surface area contributed by atoms with Crippen LogP contribution in [0.1, 0.15) is 12.6 Å². The molecule has 4 nitrogen and oxygen atoms in total. The number of nitrogens with zero attached hydrogens (tertiary/aromatic N) is 3. The van der Waals surface area contributed by atoms with Crippen LogP contribution in [0, 0.1) is 0 Å². The summed E-state index contributed by atoms with van der Waals surface area (Å²) in [6.07, 6.45) is 3.71. The molecule has 0 unspecified atom stereocenters. The minimum Gasteiger partial charge on any atom is -0.385 e. The average molecular weight is 252 g/mol. The first-order valence-corrected chi connectivity index (χ1v) is 6.45. The zero-order valence-corrected chi connectivity index (χ0v) is 10.9. The highest BCUT2D eigenvalue weighted by molar-refractivity contribution is 5.75. The summed E-state index contributed by atoms with van der Waals surface area (Å²) < 4.78 is 2.12. The predicted octanol–water partition coefficient (Wildman–Crippen LogP) is 2.91. The third kappa shape index (κ3) is 2.42. The molecule has 1 aromatic carbocycles. The van der Waals surface area contributed by atoms with Gasteiger partial charge in [-0.3, -0.25) is 4.98 Å². The van der Waals surface area contributed by atoms with Crippen LogP contribution in [0.5, 0.6) is 0 Å². The number of nitrogens with one attached hydrogen (secondary N) is 1. The summed E-state index contributed by atoms with van der Waals surface area (Å²) in [6.45, 7) is 3.74. The van der Waals surface area contributed by atoms with Crippen LogP contribution in [0.4, 0.5) is 5.69 Å². The van der Waals surface area contributed by atoms with Gasteiger partial charge in [0.2, 0.25) is 0 Å². The summed E-state index contributed by atoms with van der Waals surface area (Å²) >= 11 is 0. The lowest BCUT2D eigenvalue weighted by molar-refractivity contribution is 0.797. The summed E-state index contributed by atoms with van der Waals surface area (Å²) in [5.74, 6) is 0. The van der Waals surface area contributed by atoms with Crippen molar-refractivity contribution in [3.8, 4) is 0 Å². The quantitative estimate of drug-likeness (QED) is 0.776. The highest BCUT2D eigenvalue weighted by Gasteiger charge is 2.03. The molecule has 1 N–H and O–H groups in total. The first-order valence-electron chi connectivity index (χ1n) is 6.45. The minimum absolute atomic E-state index is 0.736. The number of aromatic nitrogens is 3. The van der Waals surface area contributed by atoms with Gasteiger partial charge in [-0.1, -0.05) is 12.1 Å². The number of benzene rings is 1. The van der Waals surface area contributed by atoms with Gasteiger partial charge in [-0.2, -0.15) is 0 Å². The molecule has 0 aliphatic heterocycles. The maximum absolute atomic E-state index is 4.41. The van der Waals surface area contributed by atoms with Gasteiger partial charge < -0.3 is 9.88 Å². The normalized spacial score (nSPS) is 10.8. The summed E-state index contributed by atoms with van der Waals surface area (Å²) in [4.78, 5) is 8.81. The number of pyridine rings is 1. The Balaban J connectivity index is 1.90. The second kappa shape index (κ2) is 5.10. The standard InChI is InChI=1S/C15H16N4/c1-2-16-12-7-8-17-13(9-12)10-19-11-18-14-5-3-4-6-15(14)19/h3-9,11H,2,10H2,1H3,(H,16,17). The molecule has 19 heavy (non-hydrogen) atoms. The van der Waals surface area contributed by atoms with Gasteiger partial charge in [0.25, 0.3) is 0 Å². The Morgan fingerprint density at radius 3 is 2.95 bits per heavy atom. The van der Waals surface area contributed by atoms with E-state index in [1.165, 1.54) is 0 Å². The number of imidazole rings is 1. The predicted molar refractivity (Wildman–Crippen MR) is 77.2 cm³/mol. The monoisotopic (exact) mass is 252 g/mol. The molecule has 0 amide bonds. The van der Waals surface area contributed by atoms with Gasteiger partial charge in [0.05, 0.1) is 29.6 Å². The zero-order chi connectivity index (χ0) is 13.1. The SMILES string of the molecule is CCNc1ccnc(Cn2cnc3ccccc32)c1. The molecule has 2 aromatic heterocycles. The first kappa shape index (κ1) is 11.7. The van der Waals surface area contributed by atoms with Crippen molar-refractivity contribution in [2.45, 2.75) is 13.5 Å². The lowest BCUT2D eigenvalue weighted by atomic mass is 10.3. The van der Waals surface area contributed by atoms with Crippen molar-refractivity contribution in [1.82, 2.24) is 14.5 Å². The molecule has 4 heteroatoms. The van der Waals surface area contributed by atoms with Crippen LogP contribution in [0.15, 0.2) is 48.9 Å². The topological polar surface area (TPSA) is 42.7 Å². The van der Waals surface area contributed by atoms with Crippen LogP contribution in [0.3, 0.4) is 0 Å². The van der Waals surface area contributed by atoms with Crippen molar-refractivity contribution in [2.24, 2.45) is 0 Å². The van der Waals surface area contributed by atoms with Crippen LogP contribution in [-0.2, 0) is 6.54 Å². The number of hydrogen-bond acceptors (Lipinski definition) is 3. The Kier molecular flexibility index (Phi) is 3.14. The van der Waals surface area contributed by atoms with Crippen LogP contribution < -0.4 is 5.32 Å². The van der Waals surface area contributed by atoms with E-state index in [0.29, 0.717) is 0 Å². The van der Waals surface area contributed by atoms with Gasteiger partial charge in [-0.15, -0.1) is 0 Å². The number of para-hydroxylation sites is 2. The van der Waals surface area contributed by atoms with Crippen LogP contribution in [0.2, 0.25) is 0 Å². The van der Waals surface area contributed by atoms with Crippen molar-refractivity contribution in [3.63, 3.8) is 0 Å². The molecule has 0 saturated carbocycles. The number of rotatable bonds is 4. The van der Waals surface area contributed by atoms with E-state index < -0.39 is 0 Å². The fraction of sp³-hybridized carbons (Fsp3) is 0.200. The van der Waals surface area contributed by atoms with Crippen LogP contribution >= 0.6 is 0 Å². The molecule has 3 aromatic rings. The van der Waals surface area contributed by atoms with E-state index in [2.05, 4.69) is 38.9 Å². The minimum atomic E-state index is 0.736. The number of anilines is 1. The van der Waals surface area contributed by atoms with Gasteiger partial charge in [-0.05, 0) is 31.2 Å². The molecule has 2 heterocycles. The van der Waals surface area contributed by atoms with Crippen molar-refractivity contribution < 1.29 is 0 Å². The molecule has 0 bridgehead atoms. The molecule has 0 atom stereocenters. The second-order valence-corrected chi connectivity index (χ2v) is 4.43. The van der Waals surface area contributed by atoms with Gasteiger partial charge in [-0.25, -0.2) is 4.98 Å². The van der Waals surface area contributed by atoms with Gasteiger partial charge in [0, 0.05) is 18.4 Å². The van der Waals surface area contributed by atoms with Crippen molar-refractivity contribution in [3.05, 3.63) is 54.6 Å². The van der Waals surface area contributed by atoms with Gasteiger partial charge in [0.15, 0.2) is 0 Å². The fourth-order valence-corrected chi connectivity index (χ4v) is 2.19. The van der Waals surface area contributed by atoms with E-state index in [1.54, 1.807) is 0 Å². The third-order valence-electron chi connectivity index (χ3n) is 3.06. The molecule has 0 spiro atoms. The molecule has 0 aliphatic rings. The molecule has 3 rings (SSSR count). The van der Waals surface area contributed by atoms with Gasteiger partial charge in [0.1, 0.15) is 0 Å². The lowest BCUT2D eigenvalue weighted by Gasteiger charge is -2.07. The number of hydrogen-bond donors (Lipinski definition) is 1. The van der Waals surface area contributed by atoms with E-state index >= 15 is 0 Å². The van der Waals surface area contributed by atoms with E-state index in [1.807, 2.05) is 36.8 Å². The molecule has 0 fully saturated rings. The molecular weight excluding hydrogens is 236 g/mol. The van der Waals surface area contributed by atoms with E-state index in [4.69, 9.17) is 0 Å². The fourth-order valence-electron chi connectivity index (χ4n) is 2.19. The van der Waals surface area contributed by atoms with Gasteiger partial charge >= 0.3 is 0 Å². The van der Waals surface area contributed by atoms with E-state index in [9.17, 15) is 0 Å². The lowest BCUT2D eigenvalue weighted by Crippen LogP contribution is -2.02. The van der Waals surface area contributed by atoms with Crippen molar-refractivity contribution in [1.29, 1.82) is 0 Å². The maximum atomic E-state index is 4.41. The molecule has 0 aliphatic carbocycles. The van der Waals surface area contributed by atoms with E-state index in [-0.39, 0.29) is 0 Å². The summed E-state index contributed by atoms with van der Waals surface area (Å²) in [5, 5.41) is 3.30. The average Bonchev–Trinajstić information content (AvgIpc) is 2.83. The largest absolute Gasteiger partial charge is 0.385 e. The Morgan fingerprint density at radius 2 is 2.05 bits per heavy atom. The molecular formula is C15H16N4. The van der Waals surface area contributed by atoms with E-state index in [0.717, 1.165) is 35.5 Å². The zero-order valence-electron chi connectivity index (χ0n) is 10.9. The summed E-state index contributed by atoms with van der Waals surface area (Å²) in [6, 6.07) is 12.2. The second-order valence-electron chi connectivity index (χ2n) is 4.43. The summed E-state index contributed by atoms with van der Waals surface area (Å²) in [5.41, 5.74) is 4.29. The Labute approximate surface area is 112 Å². The molecule has 0 saturated heterocycles. The first-order chi connectivity index (χ1) is 9.36. The Bertz CT molecular complexity index is 687. The highest BCUT2D eigenvalue weighted by Crippen LogP contribution is 2.14. The van der Waals surface area contributed by atoms with Crippen LogP contribution in [0.25, 0.3) is 11.0 Å². The smallest absolute Gasteiger partial charge is 0.0962 e. The summed E-state index contributed by atoms with van der Waals surface area (Å²) in [7, 11) is 0. The molecule has 96 valence electrons. The number of fused-ring (bicyclic) bond motifs is 1. The van der Waals surface area contributed by atoms with Crippen LogP contribution in [-0.4, -0.2) is 21.1 Å². The maximum Gasteiger partial charge on any atom is 0.0962 e. The Morgan fingerprint density at radius 1 is 1.16 bits per heavy atom. The third-order valence-corrected chi connectivity index (χ3v) is 3.06. The van der Waals surface area contributed by atoms with Crippen molar-refractivity contribution in [2.75, 3.05) is 11.9 Å². The highest BCUT2D eigenvalue weighted by atomic mass is 15.1. The molecule has 0 radical (unpaired) electrons. The Hall–Kier alpha value is -2.36.